The summed E-state index contributed by atoms with van der Waals surface area (Å²) in [6.45, 7) is 0. The van der Waals surface area contributed by atoms with Crippen molar-refractivity contribution in [2.45, 2.75) is 0 Å². The van der Waals surface area contributed by atoms with Gasteiger partial charge in [-0.1, -0.05) is 41.9 Å². The number of hydrogen-bond acceptors (Lipinski definition) is 1. The number of fused-ring (bicyclic) bond motifs is 1. The minimum absolute atomic E-state index is 0.706. The molecule has 0 bridgehead atoms. The minimum atomic E-state index is 0.706. The lowest BCUT2D eigenvalue weighted by molar-refractivity contribution is 1.19. The Labute approximate surface area is 98.1 Å². The fraction of sp³-hybridized carbons (Fsp3) is 0. The average molecular weight is 229 g/mol. The average Bonchev–Trinajstić information content (AvgIpc) is 2.73. The van der Waals surface area contributed by atoms with Crippen LogP contribution < -0.4 is 0 Å². The molecule has 78 valence electrons. The molecule has 0 spiro atoms. The Hall–Kier alpha value is -1.80. The van der Waals surface area contributed by atoms with Gasteiger partial charge in [0.05, 0.1) is 11.9 Å². The van der Waals surface area contributed by atoms with E-state index in [-0.39, 0.29) is 0 Å². The Morgan fingerprint density at radius 2 is 1.88 bits per heavy atom. The van der Waals surface area contributed by atoms with Gasteiger partial charge in [0.2, 0.25) is 0 Å². The number of hydrogen-bond donors (Lipinski definition) is 0. The molecule has 0 amide bonds. The molecule has 2 nitrogen and oxygen atoms in total. The third-order valence-corrected chi connectivity index (χ3v) is 2.78. The normalized spacial score (nSPS) is 10.8. The van der Waals surface area contributed by atoms with Crippen molar-refractivity contribution >= 4 is 17.2 Å². The SMILES string of the molecule is Clc1ccn2c(-c3ccccc3)cnc2c1. The van der Waals surface area contributed by atoms with E-state index in [9.17, 15) is 0 Å². The van der Waals surface area contributed by atoms with Crippen molar-refractivity contribution in [3.05, 3.63) is 59.9 Å². The maximum Gasteiger partial charge on any atom is 0.138 e. The van der Waals surface area contributed by atoms with E-state index in [1.54, 1.807) is 0 Å². The van der Waals surface area contributed by atoms with Crippen LogP contribution in [-0.4, -0.2) is 9.38 Å². The molecular formula is C13H9ClN2. The maximum atomic E-state index is 5.92. The summed E-state index contributed by atoms with van der Waals surface area (Å²) in [5.74, 6) is 0. The maximum absolute atomic E-state index is 5.92. The Balaban J connectivity index is 2.26. The highest BCUT2D eigenvalue weighted by atomic mass is 35.5. The minimum Gasteiger partial charge on any atom is -0.300 e. The van der Waals surface area contributed by atoms with Crippen LogP contribution in [0.4, 0.5) is 0 Å². The molecule has 2 heterocycles. The molecule has 2 aromatic heterocycles. The molecule has 0 atom stereocenters. The monoisotopic (exact) mass is 228 g/mol. The van der Waals surface area contributed by atoms with Crippen LogP contribution in [0.5, 0.6) is 0 Å². The zero-order valence-electron chi connectivity index (χ0n) is 8.47. The molecule has 3 aromatic rings. The largest absolute Gasteiger partial charge is 0.300 e. The molecule has 0 aliphatic carbocycles. The van der Waals surface area contributed by atoms with Crippen molar-refractivity contribution in [2.24, 2.45) is 0 Å². The van der Waals surface area contributed by atoms with E-state index in [0.717, 1.165) is 16.9 Å². The zero-order chi connectivity index (χ0) is 11.0. The molecule has 0 N–H and O–H groups in total. The second kappa shape index (κ2) is 3.65. The molecule has 3 heteroatoms. The van der Waals surface area contributed by atoms with E-state index in [1.807, 2.05) is 47.1 Å². The van der Waals surface area contributed by atoms with Gasteiger partial charge in [-0.25, -0.2) is 4.98 Å². The first-order valence-electron chi connectivity index (χ1n) is 5.02. The summed E-state index contributed by atoms with van der Waals surface area (Å²) in [5, 5.41) is 0.706. The van der Waals surface area contributed by atoms with Gasteiger partial charge in [-0.15, -0.1) is 0 Å². The van der Waals surface area contributed by atoms with Gasteiger partial charge in [-0.05, 0) is 6.07 Å². The summed E-state index contributed by atoms with van der Waals surface area (Å²) in [4.78, 5) is 4.33. The van der Waals surface area contributed by atoms with Crippen molar-refractivity contribution < 1.29 is 0 Å². The van der Waals surface area contributed by atoms with Crippen LogP contribution >= 0.6 is 11.6 Å². The molecular weight excluding hydrogens is 220 g/mol. The summed E-state index contributed by atoms with van der Waals surface area (Å²) >= 11 is 5.92. The molecule has 16 heavy (non-hydrogen) atoms. The lowest BCUT2D eigenvalue weighted by Gasteiger charge is -2.01. The first-order valence-corrected chi connectivity index (χ1v) is 5.40. The molecule has 0 aliphatic rings. The van der Waals surface area contributed by atoms with E-state index in [2.05, 4.69) is 17.1 Å². The highest BCUT2D eigenvalue weighted by Gasteiger charge is 2.04. The number of nitrogens with zero attached hydrogens (tertiary/aromatic N) is 2. The van der Waals surface area contributed by atoms with E-state index in [0.29, 0.717) is 5.02 Å². The Morgan fingerprint density at radius 1 is 1.06 bits per heavy atom. The first kappa shape index (κ1) is 9.43. The third-order valence-electron chi connectivity index (χ3n) is 2.54. The predicted molar refractivity (Wildman–Crippen MR) is 65.6 cm³/mol. The van der Waals surface area contributed by atoms with Crippen molar-refractivity contribution in [2.75, 3.05) is 0 Å². The van der Waals surface area contributed by atoms with E-state index in [4.69, 9.17) is 11.6 Å². The van der Waals surface area contributed by atoms with Crippen molar-refractivity contribution in [3.63, 3.8) is 0 Å². The standard InChI is InChI=1S/C13H9ClN2/c14-11-6-7-16-12(9-15-13(16)8-11)10-4-2-1-3-5-10/h1-9H. The topological polar surface area (TPSA) is 17.3 Å². The number of halogens is 1. The van der Waals surface area contributed by atoms with Crippen LogP contribution in [0.25, 0.3) is 16.9 Å². The van der Waals surface area contributed by atoms with E-state index < -0.39 is 0 Å². The molecule has 0 aliphatic heterocycles. The van der Waals surface area contributed by atoms with Crippen LogP contribution in [0.15, 0.2) is 54.9 Å². The highest BCUT2D eigenvalue weighted by Crippen LogP contribution is 2.21. The summed E-state index contributed by atoms with van der Waals surface area (Å²) in [6.07, 6.45) is 3.80. The van der Waals surface area contributed by atoms with Crippen LogP contribution in [0.2, 0.25) is 5.02 Å². The second-order valence-corrected chi connectivity index (χ2v) is 4.02. The molecule has 3 rings (SSSR count). The van der Waals surface area contributed by atoms with Gasteiger partial charge in [0.1, 0.15) is 5.65 Å². The Kier molecular flexibility index (Phi) is 2.15. The van der Waals surface area contributed by atoms with Crippen molar-refractivity contribution in [3.8, 4) is 11.3 Å². The number of pyridine rings is 1. The van der Waals surface area contributed by atoms with Gasteiger partial charge in [0.25, 0.3) is 0 Å². The van der Waals surface area contributed by atoms with Gasteiger partial charge < -0.3 is 0 Å². The Bertz CT molecular complexity index is 629. The Morgan fingerprint density at radius 3 is 2.69 bits per heavy atom. The molecule has 0 radical (unpaired) electrons. The fourth-order valence-electron chi connectivity index (χ4n) is 1.78. The van der Waals surface area contributed by atoms with E-state index >= 15 is 0 Å². The fourth-order valence-corrected chi connectivity index (χ4v) is 1.93. The molecule has 0 saturated carbocycles. The lowest BCUT2D eigenvalue weighted by atomic mass is 10.2. The van der Waals surface area contributed by atoms with Crippen molar-refractivity contribution in [1.29, 1.82) is 0 Å². The third kappa shape index (κ3) is 1.48. The van der Waals surface area contributed by atoms with Gasteiger partial charge in [-0.2, -0.15) is 0 Å². The highest BCUT2D eigenvalue weighted by molar-refractivity contribution is 6.30. The van der Waals surface area contributed by atoms with Gasteiger partial charge in [0.15, 0.2) is 0 Å². The van der Waals surface area contributed by atoms with Crippen LogP contribution in [0.1, 0.15) is 0 Å². The number of benzene rings is 1. The summed E-state index contributed by atoms with van der Waals surface area (Å²) in [6, 6.07) is 13.9. The zero-order valence-corrected chi connectivity index (χ0v) is 9.22. The molecule has 0 unspecified atom stereocenters. The van der Waals surface area contributed by atoms with Crippen LogP contribution in [-0.2, 0) is 0 Å². The lowest BCUT2D eigenvalue weighted by Crippen LogP contribution is -1.86. The number of aromatic nitrogens is 2. The molecule has 1 aromatic carbocycles. The van der Waals surface area contributed by atoms with E-state index in [1.165, 1.54) is 0 Å². The molecule has 0 fully saturated rings. The first-order chi connectivity index (χ1) is 7.84. The predicted octanol–water partition coefficient (Wildman–Crippen LogP) is 3.65. The summed E-state index contributed by atoms with van der Waals surface area (Å²) in [5.41, 5.74) is 3.09. The van der Waals surface area contributed by atoms with Crippen molar-refractivity contribution in [1.82, 2.24) is 9.38 Å². The number of rotatable bonds is 1. The smallest absolute Gasteiger partial charge is 0.138 e. The summed E-state index contributed by atoms with van der Waals surface area (Å²) in [7, 11) is 0. The second-order valence-electron chi connectivity index (χ2n) is 3.58. The number of imidazole rings is 1. The van der Waals surface area contributed by atoms with Crippen LogP contribution in [0.3, 0.4) is 0 Å². The van der Waals surface area contributed by atoms with Gasteiger partial charge >= 0.3 is 0 Å². The van der Waals surface area contributed by atoms with Crippen LogP contribution in [0, 0.1) is 0 Å². The van der Waals surface area contributed by atoms with Gasteiger partial charge in [0, 0.05) is 22.8 Å². The summed E-state index contributed by atoms with van der Waals surface area (Å²) < 4.78 is 2.03. The quantitative estimate of drug-likeness (QED) is 0.621. The molecule has 0 saturated heterocycles. The van der Waals surface area contributed by atoms with Gasteiger partial charge in [-0.3, -0.25) is 4.40 Å².